The first-order chi connectivity index (χ1) is 13.0. The van der Waals surface area contributed by atoms with E-state index in [0.717, 1.165) is 58.3 Å². The molecule has 4 rings (SSSR count). The fourth-order valence-electron chi connectivity index (χ4n) is 5.44. The second-order valence-electron chi connectivity index (χ2n) is 8.89. The topological polar surface area (TPSA) is 81.8 Å². The molecule has 1 aliphatic carbocycles. The number of hydrogen-bond donors (Lipinski definition) is 2. The number of carbonyl (C=O) groups is 3. The van der Waals surface area contributed by atoms with Gasteiger partial charge in [-0.1, -0.05) is 13.3 Å². The summed E-state index contributed by atoms with van der Waals surface area (Å²) < 4.78 is 0. The van der Waals surface area contributed by atoms with Crippen molar-refractivity contribution in [2.75, 3.05) is 32.7 Å². The van der Waals surface area contributed by atoms with Crippen LogP contribution in [0.1, 0.15) is 51.9 Å². The molecule has 2 atom stereocenters. The van der Waals surface area contributed by atoms with Crippen LogP contribution in [0.5, 0.6) is 0 Å². The van der Waals surface area contributed by atoms with Gasteiger partial charge >= 0.3 is 6.03 Å². The second kappa shape index (κ2) is 7.41. The van der Waals surface area contributed by atoms with E-state index in [1.54, 1.807) is 0 Å². The number of nitrogens with one attached hydrogen (secondary N) is 2. The number of imide groups is 1. The third kappa shape index (κ3) is 3.46. The first-order valence-corrected chi connectivity index (χ1v) is 10.6. The maximum absolute atomic E-state index is 13.0. The summed E-state index contributed by atoms with van der Waals surface area (Å²) in [4.78, 5) is 41.3. The zero-order valence-corrected chi connectivity index (χ0v) is 16.3. The van der Waals surface area contributed by atoms with Crippen LogP contribution in [0.4, 0.5) is 4.79 Å². The van der Waals surface area contributed by atoms with Crippen LogP contribution < -0.4 is 10.6 Å². The van der Waals surface area contributed by atoms with Crippen LogP contribution in [0.15, 0.2) is 0 Å². The molecule has 1 spiro atoms. The van der Waals surface area contributed by atoms with Crippen molar-refractivity contribution in [2.24, 2.45) is 17.8 Å². The number of likely N-dealkylation sites (tertiary alicyclic amines) is 1. The molecule has 150 valence electrons. The maximum atomic E-state index is 13.0. The Kier molecular flexibility index (Phi) is 5.14. The van der Waals surface area contributed by atoms with Crippen LogP contribution in [-0.2, 0) is 9.59 Å². The molecule has 0 unspecified atom stereocenters. The van der Waals surface area contributed by atoms with E-state index in [1.807, 2.05) is 4.90 Å². The van der Waals surface area contributed by atoms with Crippen molar-refractivity contribution in [3.8, 4) is 0 Å². The van der Waals surface area contributed by atoms with Crippen LogP contribution in [-0.4, -0.2) is 65.9 Å². The van der Waals surface area contributed by atoms with Gasteiger partial charge in [0.25, 0.3) is 5.91 Å². The summed E-state index contributed by atoms with van der Waals surface area (Å²) in [5, 5.41) is 6.36. The van der Waals surface area contributed by atoms with Crippen LogP contribution in [0.2, 0.25) is 0 Å². The Hall–Kier alpha value is -1.63. The van der Waals surface area contributed by atoms with Crippen molar-refractivity contribution in [1.29, 1.82) is 0 Å². The summed E-state index contributed by atoms with van der Waals surface area (Å²) in [7, 11) is 0. The quantitative estimate of drug-likeness (QED) is 0.728. The van der Waals surface area contributed by atoms with Crippen molar-refractivity contribution in [1.82, 2.24) is 20.4 Å². The summed E-state index contributed by atoms with van der Waals surface area (Å²) in [6.45, 7) is 5.61. The predicted octanol–water partition coefficient (Wildman–Crippen LogP) is 1.34. The zero-order valence-electron chi connectivity index (χ0n) is 16.3. The molecule has 3 heterocycles. The number of carbonyl (C=O) groups excluding carboxylic acids is 3. The van der Waals surface area contributed by atoms with Gasteiger partial charge in [-0.2, -0.15) is 0 Å². The minimum Gasteiger partial charge on any atom is -0.341 e. The lowest BCUT2D eigenvalue weighted by atomic mass is 9.75. The van der Waals surface area contributed by atoms with Crippen molar-refractivity contribution in [2.45, 2.75) is 57.4 Å². The lowest BCUT2D eigenvalue weighted by Crippen LogP contribution is -2.50. The summed E-state index contributed by atoms with van der Waals surface area (Å²) in [6.07, 6.45) is 6.45. The van der Waals surface area contributed by atoms with E-state index in [1.165, 1.54) is 4.90 Å². The lowest BCUT2D eigenvalue weighted by Gasteiger charge is -2.34. The lowest BCUT2D eigenvalue weighted by molar-refractivity contribution is -0.139. The number of hydrogen-bond acceptors (Lipinski definition) is 4. The van der Waals surface area contributed by atoms with Crippen molar-refractivity contribution in [3.63, 3.8) is 0 Å². The number of rotatable bonds is 3. The van der Waals surface area contributed by atoms with E-state index in [4.69, 9.17) is 0 Å². The van der Waals surface area contributed by atoms with Crippen molar-refractivity contribution < 1.29 is 14.4 Å². The molecule has 4 amide bonds. The third-order valence-electron chi connectivity index (χ3n) is 7.45. The number of fused-ring (bicyclic) bond motifs is 1. The van der Waals surface area contributed by atoms with Gasteiger partial charge in [0.15, 0.2) is 0 Å². The van der Waals surface area contributed by atoms with Gasteiger partial charge in [-0.25, -0.2) is 4.79 Å². The SMILES string of the molecule is CCC1CCC2(CC1)NC(=O)N(CC(=O)N1CC[C@@H]3CNC[C@@H]3CC1)C2=O. The Balaban J connectivity index is 1.37. The van der Waals surface area contributed by atoms with Crippen LogP contribution in [0, 0.1) is 17.8 Å². The largest absolute Gasteiger partial charge is 0.341 e. The molecule has 0 aromatic carbocycles. The number of nitrogens with zero attached hydrogens (tertiary/aromatic N) is 2. The van der Waals surface area contributed by atoms with E-state index in [2.05, 4.69) is 17.6 Å². The first-order valence-electron chi connectivity index (χ1n) is 10.6. The Labute approximate surface area is 161 Å². The van der Waals surface area contributed by atoms with Gasteiger partial charge in [0.05, 0.1) is 0 Å². The van der Waals surface area contributed by atoms with Crippen LogP contribution >= 0.6 is 0 Å². The molecule has 0 aromatic heterocycles. The molecular formula is C20H32N4O3. The van der Waals surface area contributed by atoms with E-state index in [0.29, 0.717) is 30.6 Å². The van der Waals surface area contributed by atoms with Crippen molar-refractivity contribution >= 4 is 17.8 Å². The van der Waals surface area contributed by atoms with E-state index in [9.17, 15) is 14.4 Å². The summed E-state index contributed by atoms with van der Waals surface area (Å²) in [5.74, 6) is 1.66. The zero-order chi connectivity index (χ0) is 19.0. The van der Waals surface area contributed by atoms with Gasteiger partial charge < -0.3 is 15.5 Å². The Morgan fingerprint density at radius 3 is 2.30 bits per heavy atom. The fraction of sp³-hybridized carbons (Fsp3) is 0.850. The Morgan fingerprint density at radius 2 is 1.70 bits per heavy atom. The van der Waals surface area contributed by atoms with Crippen LogP contribution in [0.3, 0.4) is 0 Å². The summed E-state index contributed by atoms with van der Waals surface area (Å²) in [5.41, 5.74) is -0.759. The Bertz CT molecular complexity index is 600. The molecule has 3 aliphatic heterocycles. The average Bonchev–Trinajstić information content (AvgIpc) is 3.13. The molecule has 0 bridgehead atoms. The van der Waals surface area contributed by atoms with E-state index >= 15 is 0 Å². The van der Waals surface area contributed by atoms with Crippen LogP contribution in [0.25, 0.3) is 0 Å². The highest BCUT2D eigenvalue weighted by atomic mass is 16.2. The molecule has 4 aliphatic rings. The number of amides is 4. The van der Waals surface area contributed by atoms with Crippen molar-refractivity contribution in [3.05, 3.63) is 0 Å². The fourth-order valence-corrected chi connectivity index (χ4v) is 5.44. The maximum Gasteiger partial charge on any atom is 0.325 e. The highest BCUT2D eigenvalue weighted by molar-refractivity contribution is 6.09. The molecule has 3 saturated heterocycles. The standard InChI is InChI=1S/C20H32N4O3/c1-2-14-3-7-20(8-4-14)18(26)24(19(27)22-20)13-17(25)23-9-5-15-11-21-12-16(15)6-10-23/h14-16,21H,2-13H2,1H3,(H,22,27)/t14?,15-,16+,20?. The number of urea groups is 1. The normalized spacial score (nSPS) is 36.7. The molecule has 27 heavy (non-hydrogen) atoms. The molecule has 0 radical (unpaired) electrons. The van der Waals surface area contributed by atoms with Gasteiger partial charge in [0.2, 0.25) is 5.91 Å². The smallest absolute Gasteiger partial charge is 0.325 e. The molecule has 1 saturated carbocycles. The summed E-state index contributed by atoms with van der Waals surface area (Å²) in [6, 6.07) is -0.390. The first kappa shape index (κ1) is 18.7. The molecule has 2 N–H and O–H groups in total. The monoisotopic (exact) mass is 376 g/mol. The van der Waals surface area contributed by atoms with E-state index in [-0.39, 0.29) is 24.4 Å². The van der Waals surface area contributed by atoms with Gasteiger partial charge in [-0.15, -0.1) is 0 Å². The minimum atomic E-state index is -0.759. The molecule has 7 nitrogen and oxygen atoms in total. The Morgan fingerprint density at radius 1 is 1.07 bits per heavy atom. The van der Waals surface area contributed by atoms with Gasteiger partial charge in [-0.3, -0.25) is 14.5 Å². The minimum absolute atomic E-state index is 0.0919. The highest BCUT2D eigenvalue weighted by Gasteiger charge is 2.52. The van der Waals surface area contributed by atoms with E-state index < -0.39 is 5.54 Å². The van der Waals surface area contributed by atoms with Gasteiger partial charge in [0.1, 0.15) is 12.1 Å². The average molecular weight is 377 g/mol. The third-order valence-corrected chi connectivity index (χ3v) is 7.45. The van der Waals surface area contributed by atoms with Gasteiger partial charge in [0, 0.05) is 13.1 Å². The molecule has 4 fully saturated rings. The molecule has 0 aromatic rings. The second-order valence-corrected chi connectivity index (χ2v) is 8.89. The highest BCUT2D eigenvalue weighted by Crippen LogP contribution is 2.37. The summed E-state index contributed by atoms with van der Waals surface area (Å²) >= 11 is 0. The molecular weight excluding hydrogens is 344 g/mol. The van der Waals surface area contributed by atoms with Gasteiger partial charge in [-0.05, 0) is 69.4 Å². The molecule has 7 heteroatoms. The predicted molar refractivity (Wildman–Crippen MR) is 101 cm³/mol.